The number of halogens is 1. The summed E-state index contributed by atoms with van der Waals surface area (Å²) in [5, 5.41) is 8.78. The lowest BCUT2D eigenvalue weighted by atomic mass is 10.2. The van der Waals surface area contributed by atoms with Crippen LogP contribution in [0.4, 0.5) is 10.1 Å². The molecule has 1 aromatic rings. The van der Waals surface area contributed by atoms with E-state index < -0.39 is 6.61 Å². The topological polar surface area (TPSA) is 40.5 Å². The second kappa shape index (κ2) is 5.46. The van der Waals surface area contributed by atoms with Crippen LogP contribution in [0.15, 0.2) is 24.3 Å². The lowest BCUT2D eigenvalue weighted by molar-refractivity contribution is -0.121. The zero-order valence-corrected chi connectivity index (χ0v) is 8.61. The average molecular weight is 211 g/mol. The molecule has 0 unspecified atom stereocenters. The highest BCUT2D eigenvalue weighted by Gasteiger charge is 2.13. The molecule has 0 heterocycles. The van der Waals surface area contributed by atoms with Crippen LogP contribution < -0.4 is 4.90 Å². The van der Waals surface area contributed by atoms with E-state index in [1.165, 1.54) is 29.2 Å². The molecular formula is C11H14FNO2. The predicted molar refractivity (Wildman–Crippen MR) is 56.1 cm³/mol. The van der Waals surface area contributed by atoms with Gasteiger partial charge in [-0.1, -0.05) is 6.92 Å². The first-order chi connectivity index (χ1) is 7.19. The van der Waals surface area contributed by atoms with Crippen molar-refractivity contribution in [2.45, 2.75) is 13.3 Å². The van der Waals surface area contributed by atoms with E-state index in [2.05, 4.69) is 0 Å². The van der Waals surface area contributed by atoms with Crippen LogP contribution in [0.5, 0.6) is 0 Å². The van der Waals surface area contributed by atoms with Crippen LogP contribution in [0.3, 0.4) is 0 Å². The van der Waals surface area contributed by atoms with Crippen molar-refractivity contribution in [2.24, 2.45) is 0 Å². The summed E-state index contributed by atoms with van der Waals surface area (Å²) in [6.45, 7) is 1.92. The highest BCUT2D eigenvalue weighted by molar-refractivity contribution is 5.94. The standard InChI is InChI=1S/C11H14FNO2/c1-2-7-13(11(15)8-14)10-5-3-9(12)4-6-10/h3-6,14H,2,7-8H2,1H3. The van der Waals surface area contributed by atoms with Gasteiger partial charge in [-0.25, -0.2) is 4.39 Å². The zero-order chi connectivity index (χ0) is 11.3. The summed E-state index contributed by atoms with van der Waals surface area (Å²) in [5.74, 6) is -0.713. The quantitative estimate of drug-likeness (QED) is 0.821. The number of aliphatic hydroxyl groups excluding tert-OH is 1. The molecule has 0 aromatic heterocycles. The third-order valence-corrected chi connectivity index (χ3v) is 2.02. The minimum Gasteiger partial charge on any atom is -0.387 e. The van der Waals surface area contributed by atoms with E-state index in [1.807, 2.05) is 6.92 Å². The number of hydrogen-bond donors (Lipinski definition) is 1. The summed E-state index contributed by atoms with van der Waals surface area (Å²) < 4.78 is 12.7. The lowest BCUT2D eigenvalue weighted by Gasteiger charge is -2.21. The van der Waals surface area contributed by atoms with Gasteiger partial charge in [-0.2, -0.15) is 0 Å². The van der Waals surface area contributed by atoms with Crippen LogP contribution in [-0.4, -0.2) is 24.2 Å². The van der Waals surface area contributed by atoms with Crippen LogP contribution in [0.1, 0.15) is 13.3 Å². The molecule has 1 amide bonds. The molecule has 0 aliphatic heterocycles. The fourth-order valence-corrected chi connectivity index (χ4v) is 1.33. The van der Waals surface area contributed by atoms with Gasteiger partial charge in [0.05, 0.1) is 0 Å². The number of benzene rings is 1. The first kappa shape index (κ1) is 11.7. The van der Waals surface area contributed by atoms with Crippen LogP contribution in [0.25, 0.3) is 0 Å². The van der Waals surface area contributed by atoms with Gasteiger partial charge in [-0.05, 0) is 30.7 Å². The minimum atomic E-state index is -0.530. The molecule has 0 atom stereocenters. The van der Waals surface area contributed by atoms with E-state index in [0.717, 1.165) is 6.42 Å². The number of hydrogen-bond acceptors (Lipinski definition) is 2. The van der Waals surface area contributed by atoms with Gasteiger partial charge in [0.25, 0.3) is 5.91 Å². The smallest absolute Gasteiger partial charge is 0.252 e. The van der Waals surface area contributed by atoms with E-state index in [9.17, 15) is 9.18 Å². The van der Waals surface area contributed by atoms with Gasteiger partial charge in [0.1, 0.15) is 12.4 Å². The minimum absolute atomic E-state index is 0.341. The molecule has 0 aliphatic carbocycles. The van der Waals surface area contributed by atoms with Crippen molar-refractivity contribution in [1.82, 2.24) is 0 Å². The van der Waals surface area contributed by atoms with Gasteiger partial charge < -0.3 is 10.0 Å². The molecule has 0 spiro atoms. The first-order valence-electron chi connectivity index (χ1n) is 4.85. The van der Waals surface area contributed by atoms with E-state index in [0.29, 0.717) is 12.2 Å². The molecule has 15 heavy (non-hydrogen) atoms. The summed E-state index contributed by atoms with van der Waals surface area (Å²) in [4.78, 5) is 12.8. The molecule has 0 radical (unpaired) electrons. The predicted octanol–water partition coefficient (Wildman–Crippen LogP) is 1.56. The molecule has 0 fully saturated rings. The van der Waals surface area contributed by atoms with E-state index in [1.54, 1.807) is 0 Å². The number of aliphatic hydroxyl groups is 1. The fourth-order valence-electron chi connectivity index (χ4n) is 1.33. The van der Waals surface area contributed by atoms with Gasteiger partial charge in [-0.3, -0.25) is 4.79 Å². The van der Waals surface area contributed by atoms with Gasteiger partial charge in [-0.15, -0.1) is 0 Å². The molecule has 4 heteroatoms. The Morgan fingerprint density at radius 2 is 2.00 bits per heavy atom. The van der Waals surface area contributed by atoms with E-state index in [-0.39, 0.29) is 11.7 Å². The monoisotopic (exact) mass is 211 g/mol. The van der Waals surface area contributed by atoms with Crippen LogP contribution in [0.2, 0.25) is 0 Å². The van der Waals surface area contributed by atoms with Gasteiger partial charge in [0.15, 0.2) is 0 Å². The van der Waals surface area contributed by atoms with E-state index in [4.69, 9.17) is 5.11 Å². The average Bonchev–Trinajstić information content (AvgIpc) is 2.26. The third kappa shape index (κ3) is 3.02. The highest BCUT2D eigenvalue weighted by Crippen LogP contribution is 2.15. The maximum absolute atomic E-state index is 12.7. The Labute approximate surface area is 88.1 Å². The van der Waals surface area contributed by atoms with Gasteiger partial charge >= 0.3 is 0 Å². The number of carbonyl (C=O) groups is 1. The Kier molecular flexibility index (Phi) is 4.24. The number of anilines is 1. The Bertz CT molecular complexity index is 324. The fraction of sp³-hybridized carbons (Fsp3) is 0.364. The Morgan fingerprint density at radius 3 is 2.47 bits per heavy atom. The SMILES string of the molecule is CCCN(C(=O)CO)c1ccc(F)cc1. The van der Waals surface area contributed by atoms with Crippen LogP contribution >= 0.6 is 0 Å². The third-order valence-electron chi connectivity index (χ3n) is 2.02. The number of nitrogens with zero attached hydrogens (tertiary/aromatic N) is 1. The maximum atomic E-state index is 12.7. The van der Waals surface area contributed by atoms with Crippen molar-refractivity contribution in [2.75, 3.05) is 18.1 Å². The molecule has 1 aromatic carbocycles. The molecule has 0 aliphatic rings. The molecular weight excluding hydrogens is 197 g/mol. The van der Waals surface area contributed by atoms with Crippen molar-refractivity contribution < 1.29 is 14.3 Å². The maximum Gasteiger partial charge on any atom is 0.252 e. The molecule has 0 bridgehead atoms. The number of rotatable bonds is 4. The summed E-state index contributed by atoms with van der Waals surface area (Å²) in [5.41, 5.74) is 0.609. The lowest BCUT2D eigenvalue weighted by Crippen LogP contribution is -2.33. The Hall–Kier alpha value is -1.42. The second-order valence-electron chi connectivity index (χ2n) is 3.18. The number of carbonyl (C=O) groups excluding carboxylic acids is 1. The normalized spacial score (nSPS) is 10.1. The summed E-state index contributed by atoms with van der Waals surface area (Å²) in [6.07, 6.45) is 0.781. The van der Waals surface area contributed by atoms with Crippen molar-refractivity contribution in [3.8, 4) is 0 Å². The summed E-state index contributed by atoms with van der Waals surface area (Å²) >= 11 is 0. The van der Waals surface area contributed by atoms with Crippen molar-refractivity contribution in [3.63, 3.8) is 0 Å². The summed E-state index contributed by atoms with van der Waals surface area (Å²) in [7, 11) is 0. The van der Waals surface area contributed by atoms with Crippen molar-refractivity contribution in [3.05, 3.63) is 30.1 Å². The number of amides is 1. The molecule has 1 N–H and O–H groups in total. The summed E-state index contributed by atoms with van der Waals surface area (Å²) in [6, 6.07) is 5.64. The molecule has 1 rings (SSSR count). The largest absolute Gasteiger partial charge is 0.387 e. The zero-order valence-electron chi connectivity index (χ0n) is 8.61. The van der Waals surface area contributed by atoms with Crippen LogP contribution in [-0.2, 0) is 4.79 Å². The van der Waals surface area contributed by atoms with Gasteiger partial charge in [0, 0.05) is 12.2 Å². The van der Waals surface area contributed by atoms with Gasteiger partial charge in [0.2, 0.25) is 0 Å². The highest BCUT2D eigenvalue weighted by atomic mass is 19.1. The molecule has 0 saturated carbocycles. The molecule has 3 nitrogen and oxygen atoms in total. The van der Waals surface area contributed by atoms with Crippen molar-refractivity contribution >= 4 is 11.6 Å². The second-order valence-corrected chi connectivity index (χ2v) is 3.18. The first-order valence-corrected chi connectivity index (χ1v) is 4.85. The molecule has 0 saturated heterocycles. The van der Waals surface area contributed by atoms with Crippen LogP contribution in [0, 0.1) is 5.82 Å². The Balaban J connectivity index is 2.88. The molecule has 82 valence electrons. The van der Waals surface area contributed by atoms with E-state index >= 15 is 0 Å². The van der Waals surface area contributed by atoms with Crippen molar-refractivity contribution in [1.29, 1.82) is 0 Å². The Morgan fingerprint density at radius 1 is 1.40 bits per heavy atom.